The smallest absolute Gasteiger partial charge is 0.119 e. The van der Waals surface area contributed by atoms with E-state index in [9.17, 15) is 0 Å². The van der Waals surface area contributed by atoms with Crippen LogP contribution < -0.4 is 9.47 Å². The van der Waals surface area contributed by atoms with Gasteiger partial charge in [-0.2, -0.15) is 0 Å². The normalized spacial score (nSPS) is 15.5. The summed E-state index contributed by atoms with van der Waals surface area (Å²) in [5.41, 5.74) is 2.51. The first kappa shape index (κ1) is 19.0. The fourth-order valence-corrected chi connectivity index (χ4v) is 4.73. The predicted molar refractivity (Wildman–Crippen MR) is 116 cm³/mol. The Bertz CT molecular complexity index is 855. The zero-order chi connectivity index (χ0) is 19.2. The Morgan fingerprint density at radius 3 is 2.46 bits per heavy atom. The van der Waals surface area contributed by atoms with Crippen molar-refractivity contribution in [3.8, 4) is 11.5 Å². The summed E-state index contributed by atoms with van der Waals surface area (Å²) in [5, 5.41) is 2.14. The summed E-state index contributed by atoms with van der Waals surface area (Å²) >= 11 is 1.79. The van der Waals surface area contributed by atoms with Gasteiger partial charge in [-0.1, -0.05) is 30.3 Å². The van der Waals surface area contributed by atoms with E-state index in [2.05, 4.69) is 64.9 Å². The first-order chi connectivity index (χ1) is 13.8. The summed E-state index contributed by atoms with van der Waals surface area (Å²) < 4.78 is 11.4. The highest BCUT2D eigenvalue weighted by Crippen LogP contribution is 2.36. The molecule has 2 aromatic carbocycles. The Morgan fingerprint density at radius 2 is 1.75 bits per heavy atom. The summed E-state index contributed by atoms with van der Waals surface area (Å²) in [6.07, 6.45) is 2.64. The standard InChI is InChI=1S/C24H27NO2S/c1-26-22-7-4-6-20(18-22)24(23-8-5-17-28-23)19-9-11-21(12-10-19)27-16-15-25-13-2-3-14-25/h4-12,17-18,24H,2-3,13-16H2,1H3. The van der Waals surface area contributed by atoms with E-state index in [0.29, 0.717) is 0 Å². The molecule has 1 atom stereocenters. The van der Waals surface area contributed by atoms with Crippen LogP contribution in [0.15, 0.2) is 66.0 Å². The van der Waals surface area contributed by atoms with Crippen molar-refractivity contribution in [2.75, 3.05) is 33.4 Å². The van der Waals surface area contributed by atoms with Crippen molar-refractivity contribution < 1.29 is 9.47 Å². The van der Waals surface area contributed by atoms with E-state index in [1.54, 1.807) is 18.4 Å². The zero-order valence-corrected chi connectivity index (χ0v) is 17.2. The van der Waals surface area contributed by atoms with Crippen molar-refractivity contribution in [2.24, 2.45) is 0 Å². The van der Waals surface area contributed by atoms with E-state index in [1.807, 2.05) is 6.07 Å². The lowest BCUT2D eigenvalue weighted by atomic mass is 9.90. The van der Waals surface area contributed by atoms with Crippen LogP contribution in [0.25, 0.3) is 0 Å². The molecule has 1 aromatic heterocycles. The van der Waals surface area contributed by atoms with E-state index in [-0.39, 0.29) is 5.92 Å². The molecule has 3 nitrogen and oxygen atoms in total. The van der Waals surface area contributed by atoms with Gasteiger partial charge in [-0.05, 0) is 72.8 Å². The Morgan fingerprint density at radius 1 is 0.929 bits per heavy atom. The quantitative estimate of drug-likeness (QED) is 0.511. The Balaban J connectivity index is 1.50. The van der Waals surface area contributed by atoms with Crippen molar-refractivity contribution in [1.82, 2.24) is 4.90 Å². The molecule has 0 amide bonds. The number of ether oxygens (including phenoxy) is 2. The maximum Gasteiger partial charge on any atom is 0.119 e. The molecule has 0 bridgehead atoms. The van der Waals surface area contributed by atoms with Crippen LogP contribution in [0.3, 0.4) is 0 Å². The molecule has 3 aromatic rings. The fraction of sp³-hybridized carbons (Fsp3) is 0.333. The molecule has 1 saturated heterocycles. The van der Waals surface area contributed by atoms with Gasteiger partial charge in [-0.25, -0.2) is 0 Å². The van der Waals surface area contributed by atoms with Gasteiger partial charge in [0.15, 0.2) is 0 Å². The van der Waals surface area contributed by atoms with Crippen molar-refractivity contribution in [3.05, 3.63) is 82.0 Å². The lowest BCUT2D eigenvalue weighted by Gasteiger charge is -2.19. The largest absolute Gasteiger partial charge is 0.497 e. The van der Waals surface area contributed by atoms with Gasteiger partial charge in [-0.3, -0.25) is 4.90 Å². The zero-order valence-electron chi connectivity index (χ0n) is 16.3. The highest BCUT2D eigenvalue weighted by atomic mass is 32.1. The summed E-state index contributed by atoms with van der Waals surface area (Å²) in [6, 6.07) is 21.2. The molecular weight excluding hydrogens is 366 g/mol. The molecule has 4 rings (SSSR count). The first-order valence-electron chi connectivity index (χ1n) is 9.96. The first-order valence-corrected chi connectivity index (χ1v) is 10.8. The molecule has 0 aliphatic carbocycles. The molecule has 28 heavy (non-hydrogen) atoms. The average molecular weight is 394 g/mol. The number of hydrogen-bond donors (Lipinski definition) is 0. The maximum absolute atomic E-state index is 5.98. The fourth-order valence-electron chi connectivity index (χ4n) is 3.85. The van der Waals surface area contributed by atoms with E-state index in [0.717, 1.165) is 24.7 Å². The van der Waals surface area contributed by atoms with E-state index in [4.69, 9.17) is 9.47 Å². The molecule has 1 aliphatic rings. The van der Waals surface area contributed by atoms with Gasteiger partial charge in [0.1, 0.15) is 18.1 Å². The third-order valence-electron chi connectivity index (χ3n) is 5.34. The van der Waals surface area contributed by atoms with E-state index < -0.39 is 0 Å². The lowest BCUT2D eigenvalue weighted by Crippen LogP contribution is -2.25. The average Bonchev–Trinajstić information content (AvgIpc) is 3.44. The van der Waals surface area contributed by atoms with Crippen LogP contribution in [0.4, 0.5) is 0 Å². The van der Waals surface area contributed by atoms with Crippen LogP contribution in [0.2, 0.25) is 0 Å². The minimum Gasteiger partial charge on any atom is -0.497 e. The van der Waals surface area contributed by atoms with Crippen LogP contribution in [0, 0.1) is 0 Å². The molecule has 2 heterocycles. The summed E-state index contributed by atoms with van der Waals surface area (Å²) in [4.78, 5) is 3.81. The number of rotatable bonds is 8. The number of methoxy groups -OCH3 is 1. The number of thiophene rings is 1. The van der Waals surface area contributed by atoms with Crippen molar-refractivity contribution in [1.29, 1.82) is 0 Å². The Labute approximate surface area is 171 Å². The molecule has 146 valence electrons. The van der Waals surface area contributed by atoms with E-state index >= 15 is 0 Å². The lowest BCUT2D eigenvalue weighted by molar-refractivity contribution is 0.238. The molecule has 1 aliphatic heterocycles. The number of benzene rings is 2. The summed E-state index contributed by atoms with van der Waals surface area (Å²) in [7, 11) is 1.72. The highest BCUT2D eigenvalue weighted by Gasteiger charge is 2.18. The van der Waals surface area contributed by atoms with Gasteiger partial charge in [0.05, 0.1) is 7.11 Å². The SMILES string of the molecule is COc1cccc(C(c2ccc(OCCN3CCCC3)cc2)c2cccs2)c1. The van der Waals surface area contributed by atoms with Crippen molar-refractivity contribution >= 4 is 11.3 Å². The second-order valence-corrected chi connectivity index (χ2v) is 8.17. The monoisotopic (exact) mass is 393 g/mol. The Kier molecular flexibility index (Phi) is 6.30. The topological polar surface area (TPSA) is 21.7 Å². The van der Waals surface area contributed by atoms with Crippen LogP contribution in [0.1, 0.15) is 34.8 Å². The van der Waals surface area contributed by atoms with Crippen LogP contribution in [-0.2, 0) is 0 Å². The van der Waals surface area contributed by atoms with Crippen LogP contribution in [-0.4, -0.2) is 38.3 Å². The third-order valence-corrected chi connectivity index (χ3v) is 6.28. The second-order valence-electron chi connectivity index (χ2n) is 7.19. The van der Waals surface area contributed by atoms with Gasteiger partial charge >= 0.3 is 0 Å². The molecule has 1 unspecified atom stereocenters. The molecule has 4 heteroatoms. The van der Waals surface area contributed by atoms with E-state index in [1.165, 1.54) is 41.9 Å². The number of likely N-dealkylation sites (tertiary alicyclic amines) is 1. The summed E-state index contributed by atoms with van der Waals surface area (Å²) in [5.74, 6) is 2.04. The number of hydrogen-bond acceptors (Lipinski definition) is 4. The molecule has 0 saturated carbocycles. The van der Waals surface area contributed by atoms with Crippen molar-refractivity contribution in [3.63, 3.8) is 0 Å². The van der Waals surface area contributed by atoms with Crippen molar-refractivity contribution in [2.45, 2.75) is 18.8 Å². The molecule has 0 spiro atoms. The van der Waals surface area contributed by atoms with Gasteiger partial charge in [0.2, 0.25) is 0 Å². The minimum atomic E-state index is 0.203. The van der Waals surface area contributed by atoms with Gasteiger partial charge in [0, 0.05) is 17.3 Å². The molecule has 0 N–H and O–H groups in total. The van der Waals surface area contributed by atoms with Gasteiger partial charge in [0.25, 0.3) is 0 Å². The van der Waals surface area contributed by atoms with Crippen LogP contribution in [0.5, 0.6) is 11.5 Å². The summed E-state index contributed by atoms with van der Waals surface area (Å²) in [6.45, 7) is 4.20. The van der Waals surface area contributed by atoms with Gasteiger partial charge in [-0.15, -0.1) is 11.3 Å². The third kappa shape index (κ3) is 4.57. The molecule has 1 fully saturated rings. The highest BCUT2D eigenvalue weighted by molar-refractivity contribution is 7.10. The van der Waals surface area contributed by atoms with Crippen LogP contribution >= 0.6 is 11.3 Å². The maximum atomic E-state index is 5.98. The molecular formula is C24H27NO2S. The minimum absolute atomic E-state index is 0.203. The van der Waals surface area contributed by atoms with Gasteiger partial charge < -0.3 is 9.47 Å². The predicted octanol–water partition coefficient (Wildman–Crippen LogP) is 5.41. The second kappa shape index (κ2) is 9.26. The molecule has 0 radical (unpaired) electrons. The number of nitrogens with zero attached hydrogens (tertiary/aromatic N) is 1. The Hall–Kier alpha value is -2.30.